The van der Waals surface area contributed by atoms with Crippen molar-refractivity contribution >= 4 is 24.1 Å². The minimum absolute atomic E-state index is 0.121. The van der Waals surface area contributed by atoms with E-state index in [1.807, 2.05) is 62.4 Å². The van der Waals surface area contributed by atoms with Crippen molar-refractivity contribution in [2.75, 3.05) is 6.16 Å². The number of hydrogen-bond acceptors (Lipinski definition) is 4. The molecule has 3 N–H and O–H groups in total. The average Bonchev–Trinajstić information content (AvgIpc) is 2.86. The van der Waals surface area contributed by atoms with Crippen LogP contribution in [0.1, 0.15) is 37.4 Å². The summed E-state index contributed by atoms with van der Waals surface area (Å²) in [7, 11) is -4.20. The first-order valence-electron chi connectivity index (χ1n) is 12.1. The number of rotatable bonds is 7. The first-order valence-corrected chi connectivity index (χ1v) is 13.9. The van der Waals surface area contributed by atoms with Gasteiger partial charge in [0.05, 0.1) is 35.6 Å². The quantitative estimate of drug-likeness (QED) is 0.192. The second-order valence-electron chi connectivity index (χ2n) is 9.38. The zero-order chi connectivity index (χ0) is 27.4. The van der Waals surface area contributed by atoms with Crippen LogP contribution in [0.25, 0.3) is 33.2 Å². The van der Waals surface area contributed by atoms with Gasteiger partial charge >= 0.3 is 5.97 Å². The van der Waals surface area contributed by atoms with Crippen molar-refractivity contribution < 1.29 is 28.9 Å². The van der Waals surface area contributed by atoms with E-state index in [9.17, 15) is 23.7 Å². The zero-order valence-electron chi connectivity index (χ0n) is 20.9. The number of aliphatic carboxylic acids is 1. The Morgan fingerprint density at radius 1 is 1.03 bits per heavy atom. The Bertz CT molecular complexity index is 1600. The number of benzene rings is 3. The van der Waals surface area contributed by atoms with Crippen LogP contribution in [-0.2, 0) is 9.36 Å². The van der Waals surface area contributed by atoms with Crippen molar-refractivity contribution in [3.05, 3.63) is 89.9 Å². The lowest BCUT2D eigenvalue weighted by atomic mass is 9.92. The fraction of sp³-hybridized carbons (Fsp3) is 0.200. The van der Waals surface area contributed by atoms with Gasteiger partial charge in [0.1, 0.15) is 5.82 Å². The second kappa shape index (κ2) is 11.3. The van der Waals surface area contributed by atoms with Crippen LogP contribution in [0.2, 0.25) is 0 Å². The smallest absolute Gasteiger partial charge is 0.305 e. The molecule has 2 atom stereocenters. The first kappa shape index (κ1) is 27.2. The van der Waals surface area contributed by atoms with E-state index in [-0.39, 0.29) is 5.92 Å². The molecule has 0 aliphatic carbocycles. The maximum absolute atomic E-state index is 13.8. The molecule has 4 aromatic rings. The number of aromatic nitrogens is 1. The van der Waals surface area contributed by atoms with Gasteiger partial charge in [-0.1, -0.05) is 74.4 Å². The molecule has 6 nitrogen and oxygen atoms in total. The number of fused-ring (bicyclic) bond motifs is 1. The summed E-state index contributed by atoms with van der Waals surface area (Å²) in [5, 5.41) is 20.8. The Labute approximate surface area is 220 Å². The van der Waals surface area contributed by atoms with Crippen molar-refractivity contribution in [2.45, 2.75) is 32.3 Å². The zero-order valence-corrected chi connectivity index (χ0v) is 21.8. The molecular weight excluding hydrogens is 504 g/mol. The minimum Gasteiger partial charge on any atom is -0.481 e. The Morgan fingerprint density at radius 2 is 1.71 bits per heavy atom. The second-order valence-corrected chi connectivity index (χ2v) is 11.4. The lowest BCUT2D eigenvalue weighted by molar-refractivity contribution is -0.138. The molecule has 0 fully saturated rings. The van der Waals surface area contributed by atoms with E-state index >= 15 is 0 Å². The monoisotopic (exact) mass is 531 g/mol. The highest BCUT2D eigenvalue weighted by Crippen LogP contribution is 2.41. The fourth-order valence-corrected chi connectivity index (χ4v) is 5.38. The molecule has 38 heavy (non-hydrogen) atoms. The van der Waals surface area contributed by atoms with Gasteiger partial charge in [0.25, 0.3) is 7.37 Å². The number of halogens is 1. The Balaban J connectivity index is 1.92. The SMILES string of the molecule is CC(C)c1nc(-c2cccc3ccccc23)cc(-c2ccc(F)cc2)c1C#CP(=O)(O)C[C@H](O)CC(=O)O. The Morgan fingerprint density at radius 3 is 2.39 bits per heavy atom. The summed E-state index contributed by atoms with van der Waals surface area (Å²) in [6.45, 7) is 3.87. The van der Waals surface area contributed by atoms with Gasteiger partial charge in [0, 0.05) is 11.1 Å². The summed E-state index contributed by atoms with van der Waals surface area (Å²) >= 11 is 0. The molecule has 194 valence electrons. The summed E-state index contributed by atoms with van der Waals surface area (Å²) in [4.78, 5) is 26.2. The maximum atomic E-state index is 13.8. The third kappa shape index (κ3) is 6.35. The van der Waals surface area contributed by atoms with E-state index in [2.05, 4.69) is 11.6 Å². The van der Waals surface area contributed by atoms with Crippen LogP contribution in [0.5, 0.6) is 0 Å². The molecule has 8 heteroatoms. The van der Waals surface area contributed by atoms with Gasteiger partial charge in [-0.2, -0.15) is 0 Å². The number of nitrogens with zero attached hydrogens (tertiary/aromatic N) is 1. The molecule has 3 aromatic carbocycles. The van der Waals surface area contributed by atoms with Crippen LogP contribution in [0.4, 0.5) is 4.39 Å². The van der Waals surface area contributed by atoms with E-state index in [1.165, 1.54) is 12.1 Å². The number of hydrogen-bond donors (Lipinski definition) is 3. The van der Waals surface area contributed by atoms with Crippen LogP contribution in [0.3, 0.4) is 0 Å². The van der Waals surface area contributed by atoms with E-state index in [0.717, 1.165) is 16.3 Å². The van der Waals surface area contributed by atoms with Crippen molar-refractivity contribution in [1.82, 2.24) is 4.98 Å². The van der Waals surface area contributed by atoms with Crippen LogP contribution in [0.15, 0.2) is 72.8 Å². The van der Waals surface area contributed by atoms with Gasteiger partial charge < -0.3 is 15.1 Å². The van der Waals surface area contributed by atoms with Crippen molar-refractivity contribution in [3.63, 3.8) is 0 Å². The Hall–Kier alpha value is -3.82. The van der Waals surface area contributed by atoms with E-state index in [0.29, 0.717) is 28.1 Å². The summed E-state index contributed by atoms with van der Waals surface area (Å²) < 4.78 is 26.5. The predicted octanol–water partition coefficient (Wildman–Crippen LogP) is 6.25. The molecule has 1 aromatic heterocycles. The molecular formula is C30H27FNO5P. The number of carbonyl (C=O) groups is 1. The largest absolute Gasteiger partial charge is 0.481 e. The summed E-state index contributed by atoms with van der Waals surface area (Å²) in [6, 6.07) is 21.6. The van der Waals surface area contributed by atoms with Crippen LogP contribution in [-0.4, -0.2) is 38.3 Å². The third-order valence-corrected chi connectivity index (χ3v) is 7.42. The van der Waals surface area contributed by atoms with Gasteiger partial charge in [-0.3, -0.25) is 14.3 Å². The van der Waals surface area contributed by atoms with Gasteiger partial charge in [-0.25, -0.2) is 4.39 Å². The summed E-state index contributed by atoms with van der Waals surface area (Å²) in [6.07, 6.45) is -2.84. The van der Waals surface area contributed by atoms with Crippen LogP contribution < -0.4 is 0 Å². The molecule has 0 spiro atoms. The van der Waals surface area contributed by atoms with Crippen LogP contribution in [0, 0.1) is 17.4 Å². The van der Waals surface area contributed by atoms with Crippen LogP contribution >= 0.6 is 7.37 Å². The highest BCUT2D eigenvalue weighted by Gasteiger charge is 2.24. The van der Waals surface area contributed by atoms with Crippen molar-refractivity contribution in [2.24, 2.45) is 0 Å². The first-order chi connectivity index (χ1) is 18.0. The van der Waals surface area contributed by atoms with Crippen molar-refractivity contribution in [1.29, 1.82) is 0 Å². The molecule has 1 heterocycles. The molecule has 1 unspecified atom stereocenters. The summed E-state index contributed by atoms with van der Waals surface area (Å²) in [5.41, 5.74) is 6.23. The summed E-state index contributed by atoms with van der Waals surface area (Å²) in [5.74, 6) is 1.01. The lowest BCUT2D eigenvalue weighted by Crippen LogP contribution is -2.17. The number of carboxylic acids is 1. The third-order valence-electron chi connectivity index (χ3n) is 6.04. The van der Waals surface area contributed by atoms with Gasteiger partial charge in [-0.05, 0) is 46.1 Å². The number of aliphatic hydroxyl groups excluding tert-OH is 1. The lowest BCUT2D eigenvalue weighted by Gasteiger charge is -2.17. The maximum Gasteiger partial charge on any atom is 0.305 e. The minimum atomic E-state index is -4.20. The topological polar surface area (TPSA) is 108 Å². The molecule has 0 aliphatic heterocycles. The van der Waals surface area contributed by atoms with Gasteiger partial charge in [0.15, 0.2) is 0 Å². The van der Waals surface area contributed by atoms with Gasteiger partial charge in [-0.15, -0.1) is 0 Å². The molecule has 4 rings (SSSR count). The molecule has 0 radical (unpaired) electrons. The molecule has 0 amide bonds. The van der Waals surface area contributed by atoms with E-state index in [1.54, 1.807) is 12.1 Å². The molecule has 0 aliphatic rings. The fourth-order valence-electron chi connectivity index (χ4n) is 4.30. The molecule has 0 saturated carbocycles. The number of carboxylic acid groups (broad SMARTS) is 1. The number of aliphatic hydroxyl groups is 1. The average molecular weight is 532 g/mol. The van der Waals surface area contributed by atoms with E-state index < -0.39 is 37.8 Å². The van der Waals surface area contributed by atoms with E-state index in [4.69, 9.17) is 10.1 Å². The Kier molecular flexibility index (Phi) is 8.08. The molecule has 0 bridgehead atoms. The predicted molar refractivity (Wildman–Crippen MR) is 146 cm³/mol. The van der Waals surface area contributed by atoms with Gasteiger partial charge in [0.2, 0.25) is 0 Å². The highest BCUT2D eigenvalue weighted by molar-refractivity contribution is 7.63. The van der Waals surface area contributed by atoms with Crippen molar-refractivity contribution in [3.8, 4) is 34.0 Å². The normalized spacial score (nSPS) is 13.5. The number of pyridine rings is 1. The standard InChI is InChI=1S/C30H27FNO5P/c1-19(2)30-26(14-15-38(36,37)18-23(33)16-29(34)35)27(21-10-12-22(31)13-11-21)17-28(32-30)25-9-5-7-20-6-3-4-8-24(20)25/h3-13,17,19,23,33H,16,18H2,1-2H3,(H,34,35)(H,36,37)/t23-/m1/s1. The highest BCUT2D eigenvalue weighted by atomic mass is 31.2. The molecule has 0 saturated heterocycles.